The number of nitrogens with zero attached hydrogens (tertiary/aromatic N) is 3. The SMILES string of the molecule is CC(C)NC(=O)c1ccc(N2CCN(C(=O)c3ccc(C(C)C)cc3)CC2)c([N+](=O)[O-])c1. The summed E-state index contributed by atoms with van der Waals surface area (Å²) in [5, 5.41) is 14.4. The van der Waals surface area contributed by atoms with Gasteiger partial charge in [-0.05, 0) is 49.6 Å². The van der Waals surface area contributed by atoms with Crippen LogP contribution in [0.2, 0.25) is 0 Å². The van der Waals surface area contributed by atoms with E-state index in [1.54, 1.807) is 17.0 Å². The molecule has 32 heavy (non-hydrogen) atoms. The normalized spacial score (nSPS) is 14.1. The zero-order valence-electron chi connectivity index (χ0n) is 19.0. The minimum Gasteiger partial charge on any atom is -0.362 e. The number of benzene rings is 2. The van der Waals surface area contributed by atoms with Gasteiger partial charge in [-0.3, -0.25) is 19.7 Å². The predicted octanol–water partition coefficient (Wildman–Crippen LogP) is 3.82. The molecule has 1 heterocycles. The number of piperazine rings is 1. The van der Waals surface area contributed by atoms with E-state index in [9.17, 15) is 19.7 Å². The van der Waals surface area contributed by atoms with Gasteiger partial charge in [-0.1, -0.05) is 26.0 Å². The monoisotopic (exact) mass is 438 g/mol. The second-order valence-electron chi connectivity index (χ2n) is 8.64. The lowest BCUT2D eigenvalue weighted by Gasteiger charge is -2.36. The van der Waals surface area contributed by atoms with Crippen molar-refractivity contribution >= 4 is 23.2 Å². The average molecular weight is 439 g/mol. The summed E-state index contributed by atoms with van der Waals surface area (Å²) in [6.07, 6.45) is 0. The molecule has 2 aromatic carbocycles. The van der Waals surface area contributed by atoms with E-state index in [1.165, 1.54) is 11.6 Å². The van der Waals surface area contributed by atoms with E-state index in [-0.39, 0.29) is 29.1 Å². The van der Waals surface area contributed by atoms with Gasteiger partial charge in [-0.15, -0.1) is 0 Å². The van der Waals surface area contributed by atoms with Crippen molar-refractivity contribution in [2.45, 2.75) is 39.7 Å². The molecular formula is C24H30N4O4. The number of carbonyl (C=O) groups excluding carboxylic acids is 2. The van der Waals surface area contributed by atoms with Gasteiger partial charge in [-0.2, -0.15) is 0 Å². The van der Waals surface area contributed by atoms with Crippen LogP contribution in [0.1, 0.15) is 59.9 Å². The van der Waals surface area contributed by atoms with Gasteiger partial charge in [0.05, 0.1) is 4.92 Å². The second-order valence-corrected chi connectivity index (χ2v) is 8.64. The Morgan fingerprint density at radius 2 is 1.53 bits per heavy atom. The molecule has 8 heteroatoms. The second kappa shape index (κ2) is 9.80. The Labute approximate surface area is 188 Å². The zero-order chi connectivity index (χ0) is 23.4. The third kappa shape index (κ3) is 5.25. The van der Waals surface area contributed by atoms with Gasteiger partial charge in [0, 0.05) is 49.4 Å². The maximum Gasteiger partial charge on any atom is 0.293 e. The molecule has 2 aromatic rings. The molecule has 0 saturated carbocycles. The lowest BCUT2D eigenvalue weighted by atomic mass is 10.0. The summed E-state index contributed by atoms with van der Waals surface area (Å²) in [7, 11) is 0. The molecule has 0 bridgehead atoms. The fourth-order valence-electron chi connectivity index (χ4n) is 3.77. The van der Waals surface area contributed by atoms with Crippen LogP contribution in [0, 0.1) is 10.1 Å². The largest absolute Gasteiger partial charge is 0.362 e. The molecule has 170 valence electrons. The first-order chi connectivity index (χ1) is 15.2. The van der Waals surface area contributed by atoms with Crippen LogP contribution in [-0.4, -0.2) is 53.9 Å². The molecule has 1 fully saturated rings. The van der Waals surface area contributed by atoms with Gasteiger partial charge >= 0.3 is 0 Å². The van der Waals surface area contributed by atoms with Crippen LogP contribution in [0.3, 0.4) is 0 Å². The van der Waals surface area contributed by atoms with Crippen LogP contribution >= 0.6 is 0 Å². The summed E-state index contributed by atoms with van der Waals surface area (Å²) in [6.45, 7) is 9.79. The number of amides is 2. The van der Waals surface area contributed by atoms with Crippen molar-refractivity contribution in [3.8, 4) is 0 Å². The van der Waals surface area contributed by atoms with E-state index >= 15 is 0 Å². The minimum atomic E-state index is -0.463. The number of anilines is 1. The van der Waals surface area contributed by atoms with Gasteiger partial charge < -0.3 is 15.1 Å². The molecule has 0 aliphatic carbocycles. The highest BCUT2D eigenvalue weighted by Gasteiger charge is 2.27. The first-order valence-electron chi connectivity index (χ1n) is 10.9. The van der Waals surface area contributed by atoms with Crippen molar-refractivity contribution in [3.05, 3.63) is 69.3 Å². The van der Waals surface area contributed by atoms with Gasteiger partial charge in [0.15, 0.2) is 0 Å². The van der Waals surface area contributed by atoms with Gasteiger partial charge in [0.25, 0.3) is 17.5 Å². The first kappa shape index (κ1) is 23.2. The van der Waals surface area contributed by atoms with Gasteiger partial charge in [0.2, 0.25) is 0 Å². The number of hydrogen-bond donors (Lipinski definition) is 1. The number of nitro groups is 1. The maximum atomic E-state index is 12.9. The first-order valence-corrected chi connectivity index (χ1v) is 10.9. The van der Waals surface area contributed by atoms with Crippen molar-refractivity contribution < 1.29 is 14.5 Å². The summed E-state index contributed by atoms with van der Waals surface area (Å²) < 4.78 is 0. The van der Waals surface area contributed by atoms with Crippen LogP contribution in [0.4, 0.5) is 11.4 Å². The highest BCUT2D eigenvalue weighted by molar-refractivity contribution is 5.96. The highest BCUT2D eigenvalue weighted by atomic mass is 16.6. The number of nitro benzene ring substituents is 1. The van der Waals surface area contributed by atoms with E-state index in [1.807, 2.05) is 43.0 Å². The molecular weight excluding hydrogens is 408 g/mol. The predicted molar refractivity (Wildman–Crippen MR) is 124 cm³/mol. The van der Waals surface area contributed by atoms with E-state index in [4.69, 9.17) is 0 Å². The Morgan fingerprint density at radius 3 is 2.06 bits per heavy atom. The lowest BCUT2D eigenvalue weighted by Crippen LogP contribution is -2.49. The molecule has 8 nitrogen and oxygen atoms in total. The standard InChI is InChI=1S/C24H30N4O4/c1-16(2)18-5-7-19(8-6-18)24(30)27-13-11-26(12-14-27)21-10-9-20(15-22(21)28(31)32)23(29)25-17(3)4/h5-10,15-17H,11-14H2,1-4H3,(H,25,29). The molecule has 0 unspecified atom stereocenters. The summed E-state index contributed by atoms with van der Waals surface area (Å²) >= 11 is 0. The summed E-state index contributed by atoms with van der Waals surface area (Å²) in [5.41, 5.74) is 2.45. The fraction of sp³-hybridized carbons (Fsp3) is 0.417. The van der Waals surface area contributed by atoms with E-state index in [0.29, 0.717) is 43.3 Å². The maximum absolute atomic E-state index is 12.9. The van der Waals surface area contributed by atoms with Crippen molar-refractivity contribution in [1.29, 1.82) is 0 Å². The number of nitrogens with one attached hydrogen (secondary N) is 1. The molecule has 1 N–H and O–H groups in total. The fourth-order valence-corrected chi connectivity index (χ4v) is 3.77. The summed E-state index contributed by atoms with van der Waals surface area (Å²) in [5.74, 6) is 0.0324. The third-order valence-electron chi connectivity index (χ3n) is 5.59. The molecule has 1 aliphatic heterocycles. The molecule has 3 rings (SSSR count). The molecule has 0 atom stereocenters. The Kier molecular flexibility index (Phi) is 7.12. The van der Waals surface area contributed by atoms with E-state index in [2.05, 4.69) is 19.2 Å². The quantitative estimate of drug-likeness (QED) is 0.546. The summed E-state index contributed by atoms with van der Waals surface area (Å²) in [4.78, 5) is 40.0. The lowest BCUT2D eigenvalue weighted by molar-refractivity contribution is -0.384. The van der Waals surface area contributed by atoms with Crippen LogP contribution in [0.15, 0.2) is 42.5 Å². The molecule has 0 radical (unpaired) electrons. The molecule has 0 spiro atoms. The zero-order valence-corrected chi connectivity index (χ0v) is 19.0. The number of hydrogen-bond acceptors (Lipinski definition) is 5. The number of rotatable bonds is 6. The van der Waals surface area contributed by atoms with Crippen molar-refractivity contribution in [1.82, 2.24) is 10.2 Å². The topological polar surface area (TPSA) is 95.8 Å². The Morgan fingerprint density at radius 1 is 0.938 bits per heavy atom. The molecule has 0 aromatic heterocycles. The minimum absolute atomic E-state index is 0.0323. The Hall–Kier alpha value is -3.42. The van der Waals surface area contributed by atoms with Crippen LogP contribution in [-0.2, 0) is 0 Å². The highest BCUT2D eigenvalue weighted by Crippen LogP contribution is 2.30. The molecule has 1 saturated heterocycles. The van der Waals surface area contributed by atoms with E-state index < -0.39 is 4.92 Å². The smallest absolute Gasteiger partial charge is 0.293 e. The Balaban J connectivity index is 1.70. The van der Waals surface area contributed by atoms with Crippen LogP contribution in [0.25, 0.3) is 0 Å². The third-order valence-corrected chi connectivity index (χ3v) is 5.59. The van der Waals surface area contributed by atoms with Crippen LogP contribution < -0.4 is 10.2 Å². The molecule has 1 aliphatic rings. The van der Waals surface area contributed by atoms with Crippen molar-refractivity contribution in [2.24, 2.45) is 0 Å². The van der Waals surface area contributed by atoms with Crippen molar-refractivity contribution in [2.75, 3.05) is 31.1 Å². The van der Waals surface area contributed by atoms with E-state index in [0.717, 1.165) is 0 Å². The van der Waals surface area contributed by atoms with Gasteiger partial charge in [-0.25, -0.2) is 0 Å². The Bertz CT molecular complexity index is 994. The average Bonchev–Trinajstić information content (AvgIpc) is 2.78. The van der Waals surface area contributed by atoms with Gasteiger partial charge in [0.1, 0.15) is 5.69 Å². The number of carbonyl (C=O) groups is 2. The molecule has 2 amide bonds. The summed E-state index contributed by atoms with van der Waals surface area (Å²) in [6, 6.07) is 12.2. The van der Waals surface area contributed by atoms with Crippen molar-refractivity contribution in [3.63, 3.8) is 0 Å². The van der Waals surface area contributed by atoms with Crippen LogP contribution in [0.5, 0.6) is 0 Å².